The first-order chi connectivity index (χ1) is 9.71. The van der Waals surface area contributed by atoms with Crippen LogP contribution >= 0.6 is 11.3 Å². The molecule has 2 aromatic rings. The maximum Gasteiger partial charge on any atom is 0.113 e. The highest BCUT2D eigenvalue weighted by atomic mass is 32.1. The molecule has 1 aromatic carbocycles. The van der Waals surface area contributed by atoms with Gasteiger partial charge in [0.1, 0.15) is 5.01 Å². The van der Waals surface area contributed by atoms with E-state index in [-0.39, 0.29) is 5.54 Å². The van der Waals surface area contributed by atoms with Crippen LogP contribution in [0.4, 0.5) is 0 Å². The second-order valence-electron chi connectivity index (χ2n) is 5.81. The van der Waals surface area contributed by atoms with Crippen LogP contribution < -0.4 is 5.32 Å². The molecule has 1 aliphatic carbocycles. The molecule has 1 aromatic heterocycles. The van der Waals surface area contributed by atoms with Crippen molar-refractivity contribution >= 4 is 11.3 Å². The number of benzene rings is 1. The monoisotopic (exact) mass is 286 g/mol. The maximum absolute atomic E-state index is 4.90. The molecular formula is C17H22N2S. The molecule has 1 heterocycles. The standard InChI is InChI=1S/C17H22N2S/c1-17(18-2,12-11-13-7-4-3-5-8-13)16-19-14-9-6-10-15(14)20-16/h3-5,7-8,18H,6,9-12H2,1-2H3. The van der Waals surface area contributed by atoms with Crippen molar-refractivity contribution in [1.82, 2.24) is 10.3 Å². The molecule has 1 N–H and O–H groups in total. The summed E-state index contributed by atoms with van der Waals surface area (Å²) in [6, 6.07) is 10.7. The molecular weight excluding hydrogens is 264 g/mol. The Bertz CT molecular complexity index is 554. The van der Waals surface area contributed by atoms with Crippen LogP contribution in [0.25, 0.3) is 0 Å². The number of aryl methyl sites for hydroxylation is 3. The number of aromatic nitrogens is 1. The number of hydrogen-bond acceptors (Lipinski definition) is 3. The molecule has 0 amide bonds. The Morgan fingerprint density at radius 1 is 1.25 bits per heavy atom. The third-order valence-electron chi connectivity index (χ3n) is 4.38. The number of nitrogens with one attached hydrogen (secondary N) is 1. The van der Waals surface area contributed by atoms with E-state index in [1.54, 1.807) is 0 Å². The average molecular weight is 286 g/mol. The average Bonchev–Trinajstić information content (AvgIpc) is 3.07. The van der Waals surface area contributed by atoms with E-state index in [2.05, 4.69) is 49.6 Å². The molecule has 20 heavy (non-hydrogen) atoms. The van der Waals surface area contributed by atoms with Crippen LogP contribution in [0.3, 0.4) is 0 Å². The molecule has 0 fully saturated rings. The first kappa shape index (κ1) is 13.8. The molecule has 0 bridgehead atoms. The summed E-state index contributed by atoms with van der Waals surface area (Å²) in [6.07, 6.45) is 5.85. The molecule has 2 nitrogen and oxygen atoms in total. The van der Waals surface area contributed by atoms with Gasteiger partial charge in [0, 0.05) is 4.88 Å². The zero-order valence-corrected chi connectivity index (χ0v) is 13.1. The summed E-state index contributed by atoms with van der Waals surface area (Å²) < 4.78 is 0. The van der Waals surface area contributed by atoms with Crippen LogP contribution in [0, 0.1) is 0 Å². The lowest BCUT2D eigenvalue weighted by molar-refractivity contribution is 0.367. The van der Waals surface area contributed by atoms with Gasteiger partial charge in [0.05, 0.1) is 11.2 Å². The molecule has 3 heteroatoms. The fourth-order valence-corrected chi connectivity index (χ4v) is 4.13. The van der Waals surface area contributed by atoms with Gasteiger partial charge in [-0.2, -0.15) is 0 Å². The Kier molecular flexibility index (Phi) is 3.90. The molecule has 1 atom stereocenters. The number of rotatable bonds is 5. The van der Waals surface area contributed by atoms with Crippen LogP contribution in [0.1, 0.15) is 40.9 Å². The van der Waals surface area contributed by atoms with Crippen molar-refractivity contribution in [1.29, 1.82) is 0 Å². The lowest BCUT2D eigenvalue weighted by Gasteiger charge is -2.27. The van der Waals surface area contributed by atoms with E-state index in [4.69, 9.17) is 4.98 Å². The number of nitrogens with zero attached hydrogens (tertiary/aromatic N) is 1. The molecule has 106 valence electrons. The van der Waals surface area contributed by atoms with Crippen molar-refractivity contribution in [3.05, 3.63) is 51.5 Å². The van der Waals surface area contributed by atoms with Crippen molar-refractivity contribution in [2.24, 2.45) is 0 Å². The van der Waals surface area contributed by atoms with Gasteiger partial charge in [-0.3, -0.25) is 0 Å². The Balaban J connectivity index is 1.76. The number of thiazole rings is 1. The molecule has 0 radical (unpaired) electrons. The Morgan fingerprint density at radius 3 is 2.75 bits per heavy atom. The second-order valence-corrected chi connectivity index (χ2v) is 6.89. The SMILES string of the molecule is CNC(C)(CCc1ccccc1)c1nc2c(s1)CCC2. The van der Waals surface area contributed by atoms with E-state index in [9.17, 15) is 0 Å². The summed E-state index contributed by atoms with van der Waals surface area (Å²) in [6.45, 7) is 2.28. The Labute approximate surface area is 125 Å². The van der Waals surface area contributed by atoms with Gasteiger partial charge in [-0.25, -0.2) is 4.98 Å². The predicted molar refractivity (Wildman–Crippen MR) is 85.3 cm³/mol. The van der Waals surface area contributed by atoms with Gasteiger partial charge >= 0.3 is 0 Å². The number of fused-ring (bicyclic) bond motifs is 1. The first-order valence-electron chi connectivity index (χ1n) is 7.43. The summed E-state index contributed by atoms with van der Waals surface area (Å²) in [4.78, 5) is 6.42. The summed E-state index contributed by atoms with van der Waals surface area (Å²) >= 11 is 1.92. The van der Waals surface area contributed by atoms with E-state index in [1.807, 2.05) is 11.3 Å². The quantitative estimate of drug-likeness (QED) is 0.906. The molecule has 0 spiro atoms. The van der Waals surface area contributed by atoms with Gasteiger partial charge in [0.2, 0.25) is 0 Å². The van der Waals surface area contributed by atoms with Crippen LogP contribution in [-0.4, -0.2) is 12.0 Å². The maximum atomic E-state index is 4.90. The first-order valence-corrected chi connectivity index (χ1v) is 8.25. The van der Waals surface area contributed by atoms with Gasteiger partial charge in [0.15, 0.2) is 0 Å². The topological polar surface area (TPSA) is 24.9 Å². The van der Waals surface area contributed by atoms with Gasteiger partial charge in [-0.15, -0.1) is 11.3 Å². The van der Waals surface area contributed by atoms with Crippen molar-refractivity contribution in [2.45, 2.75) is 44.6 Å². The zero-order chi connectivity index (χ0) is 14.0. The fourth-order valence-electron chi connectivity index (χ4n) is 2.80. The predicted octanol–water partition coefficient (Wildman–Crippen LogP) is 3.70. The van der Waals surface area contributed by atoms with Crippen molar-refractivity contribution in [3.63, 3.8) is 0 Å². The molecule has 0 aliphatic heterocycles. The van der Waals surface area contributed by atoms with Crippen LogP contribution in [0.15, 0.2) is 30.3 Å². The Morgan fingerprint density at radius 2 is 2.05 bits per heavy atom. The van der Waals surface area contributed by atoms with Crippen molar-refractivity contribution in [3.8, 4) is 0 Å². The Hall–Kier alpha value is -1.19. The summed E-state index contributed by atoms with van der Waals surface area (Å²) in [5.74, 6) is 0. The third kappa shape index (κ3) is 2.65. The lowest BCUT2D eigenvalue weighted by Crippen LogP contribution is -2.37. The fraction of sp³-hybridized carbons (Fsp3) is 0.471. The van der Waals surface area contributed by atoms with E-state index in [0.29, 0.717) is 0 Å². The second kappa shape index (κ2) is 5.66. The molecule has 0 saturated heterocycles. The minimum absolute atomic E-state index is 0.00908. The van der Waals surface area contributed by atoms with Gasteiger partial charge in [-0.05, 0) is 51.6 Å². The van der Waals surface area contributed by atoms with E-state index in [0.717, 1.165) is 12.8 Å². The van der Waals surface area contributed by atoms with E-state index < -0.39 is 0 Å². The summed E-state index contributed by atoms with van der Waals surface area (Å²) in [7, 11) is 2.05. The largest absolute Gasteiger partial charge is 0.309 e. The van der Waals surface area contributed by atoms with Crippen molar-refractivity contribution < 1.29 is 0 Å². The molecule has 0 saturated carbocycles. The summed E-state index contributed by atoms with van der Waals surface area (Å²) in [5, 5.41) is 4.77. The summed E-state index contributed by atoms with van der Waals surface area (Å²) in [5.41, 5.74) is 2.74. The van der Waals surface area contributed by atoms with Gasteiger partial charge < -0.3 is 5.32 Å². The van der Waals surface area contributed by atoms with E-state index in [1.165, 1.54) is 40.4 Å². The molecule has 3 rings (SSSR count). The molecule has 1 aliphatic rings. The highest BCUT2D eigenvalue weighted by molar-refractivity contribution is 7.12. The highest BCUT2D eigenvalue weighted by Gasteiger charge is 2.30. The zero-order valence-electron chi connectivity index (χ0n) is 12.3. The van der Waals surface area contributed by atoms with Crippen molar-refractivity contribution in [2.75, 3.05) is 7.05 Å². The highest BCUT2D eigenvalue weighted by Crippen LogP contribution is 2.35. The van der Waals surface area contributed by atoms with E-state index >= 15 is 0 Å². The van der Waals surface area contributed by atoms with Crippen LogP contribution in [-0.2, 0) is 24.8 Å². The third-order valence-corrected chi connectivity index (χ3v) is 5.80. The minimum atomic E-state index is -0.00908. The van der Waals surface area contributed by atoms with Gasteiger partial charge in [-0.1, -0.05) is 30.3 Å². The van der Waals surface area contributed by atoms with Crippen LogP contribution in [0.2, 0.25) is 0 Å². The normalized spacial score (nSPS) is 16.9. The van der Waals surface area contributed by atoms with Gasteiger partial charge in [0.25, 0.3) is 0 Å². The lowest BCUT2D eigenvalue weighted by atomic mass is 9.94. The number of hydrogen-bond donors (Lipinski definition) is 1. The van der Waals surface area contributed by atoms with Crippen LogP contribution in [0.5, 0.6) is 0 Å². The minimum Gasteiger partial charge on any atom is -0.309 e. The smallest absolute Gasteiger partial charge is 0.113 e. The molecule has 1 unspecified atom stereocenters.